The van der Waals surface area contributed by atoms with Crippen molar-refractivity contribution in [1.29, 1.82) is 0 Å². The van der Waals surface area contributed by atoms with Crippen molar-refractivity contribution in [1.82, 2.24) is 0 Å². The Labute approximate surface area is 209 Å². The van der Waals surface area contributed by atoms with Gasteiger partial charge in [-0.1, -0.05) is 48.5 Å². The average molecular weight is 543 g/mol. The van der Waals surface area contributed by atoms with Gasteiger partial charge in [-0.25, -0.2) is 4.79 Å². The molecule has 0 unspecified atom stereocenters. The fraction of sp³-hybridized carbons (Fsp3) is 0.240. The second-order valence-corrected chi connectivity index (χ2v) is 12.9. The van der Waals surface area contributed by atoms with Gasteiger partial charge in [0, 0.05) is 9.79 Å². The van der Waals surface area contributed by atoms with Gasteiger partial charge in [0.25, 0.3) is 0 Å². The lowest BCUT2D eigenvalue weighted by atomic mass is 10.2. The van der Waals surface area contributed by atoms with Crippen LogP contribution in [-0.2, 0) is 23.3 Å². The van der Waals surface area contributed by atoms with Gasteiger partial charge in [0.05, 0.1) is 4.90 Å². The fourth-order valence-corrected chi connectivity index (χ4v) is 8.06. The molecule has 0 heterocycles. The molecule has 0 aliphatic carbocycles. The maximum Gasteiger partial charge on any atom is 0.524 e. The highest BCUT2D eigenvalue weighted by Gasteiger charge is 2.53. The number of alkyl halides is 3. The van der Waals surface area contributed by atoms with Crippen LogP contribution in [0.3, 0.4) is 0 Å². The summed E-state index contributed by atoms with van der Waals surface area (Å²) in [5.41, 5.74) is -6.46. The zero-order chi connectivity index (χ0) is 26.6. The van der Waals surface area contributed by atoms with Crippen molar-refractivity contribution < 1.29 is 39.5 Å². The van der Waals surface area contributed by atoms with E-state index in [-0.39, 0.29) is 20.4 Å². The van der Waals surface area contributed by atoms with E-state index in [2.05, 4.69) is 0 Å². The van der Waals surface area contributed by atoms with Crippen LogP contribution in [0.25, 0.3) is 0 Å². The van der Waals surface area contributed by atoms with E-state index in [1.165, 1.54) is 42.5 Å². The first kappa shape index (κ1) is 27.6. The Hall–Kier alpha value is -3.02. The van der Waals surface area contributed by atoms with Crippen LogP contribution in [-0.4, -0.2) is 32.1 Å². The summed E-state index contributed by atoms with van der Waals surface area (Å²) in [5, 5.41) is 0. The van der Waals surface area contributed by atoms with Crippen molar-refractivity contribution in [3.8, 4) is 5.75 Å². The fourth-order valence-electron chi connectivity index (χ4n) is 3.22. The van der Waals surface area contributed by atoms with Gasteiger partial charge in [-0.3, -0.25) is 0 Å². The lowest BCUT2D eigenvalue weighted by Crippen LogP contribution is -2.28. The summed E-state index contributed by atoms with van der Waals surface area (Å²) in [4.78, 5) is 12.7. The largest absolute Gasteiger partial charge is 0.524 e. The third kappa shape index (κ3) is 6.21. The first-order valence-electron chi connectivity index (χ1n) is 10.7. The van der Waals surface area contributed by atoms with Crippen LogP contribution >= 0.6 is 10.3 Å². The Morgan fingerprint density at radius 1 is 0.778 bits per heavy atom. The van der Waals surface area contributed by atoms with E-state index in [1.807, 2.05) is 0 Å². The molecule has 0 saturated heterocycles. The number of ether oxygens (including phenoxy) is 2. The molecule has 3 aromatic carbocycles. The molecule has 11 heteroatoms. The summed E-state index contributed by atoms with van der Waals surface area (Å²) >= 11 is 0. The molecule has 36 heavy (non-hydrogen) atoms. The molecule has 0 fully saturated rings. The molecular weight excluding hydrogens is 517 g/mol. The molecule has 6 nitrogen and oxygen atoms in total. The lowest BCUT2D eigenvalue weighted by molar-refractivity contribution is -0.157. The number of esters is 1. The number of carbonyl (C=O) groups excluding carboxylic acids is 1. The van der Waals surface area contributed by atoms with Gasteiger partial charge in [-0.15, -0.1) is 0 Å². The Balaban J connectivity index is 2.26. The van der Waals surface area contributed by atoms with Crippen molar-refractivity contribution in [2.45, 2.75) is 46.6 Å². The number of para-hydroxylation sites is 1. The normalized spacial score (nSPS) is 13.2. The Bertz CT molecular complexity index is 1250. The Morgan fingerprint density at radius 2 is 1.25 bits per heavy atom. The van der Waals surface area contributed by atoms with E-state index in [0.717, 1.165) is 0 Å². The van der Waals surface area contributed by atoms with Crippen LogP contribution in [0.4, 0.5) is 13.2 Å². The lowest BCUT2D eigenvalue weighted by Gasteiger charge is -2.40. The maximum atomic E-state index is 13.6. The predicted octanol–water partition coefficient (Wildman–Crippen LogP) is 6.47. The van der Waals surface area contributed by atoms with Crippen LogP contribution < -0.4 is 4.74 Å². The highest BCUT2D eigenvalue weighted by atomic mass is 32.3. The third-order valence-electron chi connectivity index (χ3n) is 4.55. The van der Waals surface area contributed by atoms with E-state index < -0.39 is 44.1 Å². The number of benzene rings is 3. The Morgan fingerprint density at radius 3 is 1.72 bits per heavy atom. The van der Waals surface area contributed by atoms with E-state index in [1.54, 1.807) is 63.2 Å². The van der Waals surface area contributed by atoms with E-state index in [4.69, 9.17) is 13.1 Å². The zero-order valence-electron chi connectivity index (χ0n) is 19.7. The van der Waals surface area contributed by atoms with Gasteiger partial charge in [-0.05, 0) is 67.5 Å². The van der Waals surface area contributed by atoms with Gasteiger partial charge in [0.1, 0.15) is 11.4 Å². The zero-order valence-corrected chi connectivity index (χ0v) is 21.3. The van der Waals surface area contributed by atoms with Gasteiger partial charge in [0.2, 0.25) is 0 Å². The molecule has 0 saturated carbocycles. The summed E-state index contributed by atoms with van der Waals surface area (Å²) in [6.07, 6.45) is 0. The maximum absolute atomic E-state index is 13.6. The highest BCUT2D eigenvalue weighted by Crippen LogP contribution is 2.72. The Kier molecular flexibility index (Phi) is 8.07. The number of rotatable bonds is 8. The molecule has 0 radical (unpaired) electrons. The molecule has 0 atom stereocenters. The second-order valence-electron chi connectivity index (χ2n) is 8.47. The van der Waals surface area contributed by atoms with E-state index in [9.17, 15) is 26.4 Å². The van der Waals surface area contributed by atoms with Gasteiger partial charge in [0.15, 0.2) is 6.61 Å². The molecule has 0 aromatic heterocycles. The minimum Gasteiger partial charge on any atom is -0.481 e. The molecule has 194 valence electrons. The van der Waals surface area contributed by atoms with Crippen LogP contribution in [0.2, 0.25) is 0 Å². The number of carbonyl (C=O) groups is 1. The standard InChI is InChI=1S/C25H25F3O6S2/c1-24(2,3)33-23(29)18-32-21-16-10-11-17-22(21)35(19-12-6-4-7-13-19,20-14-8-5-9-15-20)34-36(30,31)25(26,27)28/h4-17H,18H2,1-3H3. The average Bonchev–Trinajstić information content (AvgIpc) is 2.81. The van der Waals surface area contributed by atoms with E-state index in [0.29, 0.717) is 0 Å². The van der Waals surface area contributed by atoms with Crippen LogP contribution in [0.5, 0.6) is 5.75 Å². The van der Waals surface area contributed by atoms with Gasteiger partial charge in [-0.2, -0.15) is 25.2 Å². The van der Waals surface area contributed by atoms with Crippen LogP contribution in [0, 0.1) is 0 Å². The molecule has 0 aliphatic heterocycles. The molecule has 0 N–H and O–H groups in total. The first-order valence-corrected chi connectivity index (χ1v) is 13.6. The summed E-state index contributed by atoms with van der Waals surface area (Å²) < 4.78 is 82.0. The molecule has 3 aromatic rings. The van der Waals surface area contributed by atoms with Crippen molar-refractivity contribution in [3.63, 3.8) is 0 Å². The molecule has 3 rings (SSSR count). The highest BCUT2D eigenvalue weighted by molar-refractivity contribution is 8.33. The van der Waals surface area contributed by atoms with Gasteiger partial charge >= 0.3 is 21.6 Å². The van der Waals surface area contributed by atoms with Crippen molar-refractivity contribution in [3.05, 3.63) is 84.9 Å². The topological polar surface area (TPSA) is 78.9 Å². The van der Waals surface area contributed by atoms with Crippen molar-refractivity contribution in [2.24, 2.45) is 0 Å². The van der Waals surface area contributed by atoms with Crippen LogP contribution in [0.1, 0.15) is 20.8 Å². The second kappa shape index (κ2) is 10.5. The van der Waals surface area contributed by atoms with E-state index >= 15 is 0 Å². The van der Waals surface area contributed by atoms with Gasteiger partial charge < -0.3 is 9.47 Å². The quantitative estimate of drug-likeness (QED) is 0.240. The molecule has 0 spiro atoms. The van der Waals surface area contributed by atoms with Crippen molar-refractivity contribution in [2.75, 3.05) is 6.61 Å². The molecule has 0 bridgehead atoms. The summed E-state index contributed by atoms with van der Waals surface area (Å²) in [6.45, 7) is 4.47. The minimum absolute atomic E-state index is 0.0246. The number of hydrogen-bond donors (Lipinski definition) is 0. The summed E-state index contributed by atoms with van der Waals surface area (Å²) in [6, 6.07) is 21.4. The minimum atomic E-state index is -6.08. The molecular formula is C25H25F3O6S2. The number of halogens is 3. The summed E-state index contributed by atoms with van der Waals surface area (Å²) in [7, 11) is -9.65. The monoisotopic (exact) mass is 542 g/mol. The number of hydrogen-bond acceptors (Lipinski definition) is 6. The molecule has 0 amide bonds. The molecule has 0 aliphatic rings. The predicted molar refractivity (Wildman–Crippen MR) is 129 cm³/mol. The smallest absolute Gasteiger partial charge is 0.481 e. The van der Waals surface area contributed by atoms with Crippen LogP contribution in [0.15, 0.2) is 99.6 Å². The van der Waals surface area contributed by atoms with Crippen molar-refractivity contribution >= 4 is 26.4 Å². The SMILES string of the molecule is CC(C)(C)OC(=O)COc1ccccc1S(OS(=O)(=O)C(F)(F)F)(c1ccccc1)c1ccccc1. The first-order chi connectivity index (χ1) is 16.8. The summed E-state index contributed by atoms with van der Waals surface area (Å²) in [5.74, 6) is -0.732. The third-order valence-corrected chi connectivity index (χ3v) is 9.48.